The van der Waals surface area contributed by atoms with Gasteiger partial charge in [0.25, 0.3) is 0 Å². The summed E-state index contributed by atoms with van der Waals surface area (Å²) in [6.07, 6.45) is 13.8. The number of pyridine rings is 1. The van der Waals surface area contributed by atoms with Crippen LogP contribution < -0.4 is 4.90 Å². The molecule has 5 rings (SSSR count). The third-order valence-electron chi connectivity index (χ3n) is 5.73. The summed E-state index contributed by atoms with van der Waals surface area (Å²) >= 11 is 0. The fraction of sp³-hybridized carbons (Fsp3) is 0.409. The van der Waals surface area contributed by atoms with Gasteiger partial charge in [0.2, 0.25) is 0 Å². The van der Waals surface area contributed by atoms with Crippen LogP contribution in [0.25, 0.3) is 11.4 Å². The number of rotatable bonds is 4. The highest BCUT2D eigenvalue weighted by Crippen LogP contribution is 2.22. The Labute approximate surface area is 170 Å². The second kappa shape index (κ2) is 8.21. The molecule has 0 radical (unpaired) electrons. The van der Waals surface area contributed by atoms with E-state index >= 15 is 0 Å². The second-order valence-electron chi connectivity index (χ2n) is 7.83. The van der Waals surface area contributed by atoms with Crippen molar-refractivity contribution in [3.05, 3.63) is 60.1 Å². The lowest BCUT2D eigenvalue weighted by Crippen LogP contribution is -2.31. The van der Waals surface area contributed by atoms with Crippen LogP contribution in [0.15, 0.2) is 43.2 Å². The average Bonchev–Trinajstić information content (AvgIpc) is 2.80. The van der Waals surface area contributed by atoms with Crippen molar-refractivity contribution in [1.82, 2.24) is 29.8 Å². The Hall–Kier alpha value is -2.93. The molecule has 29 heavy (non-hydrogen) atoms. The molecule has 0 saturated carbocycles. The molecule has 0 spiro atoms. The Morgan fingerprint density at radius 1 is 0.862 bits per heavy atom. The third-order valence-corrected chi connectivity index (χ3v) is 5.73. The monoisotopic (exact) mass is 387 g/mol. The van der Waals surface area contributed by atoms with Crippen LogP contribution in [0, 0.1) is 0 Å². The Morgan fingerprint density at radius 2 is 1.72 bits per heavy atom. The first kappa shape index (κ1) is 18.1. The number of anilines is 1. The molecule has 7 heteroatoms. The maximum atomic E-state index is 4.75. The molecule has 0 bridgehead atoms. The molecule has 2 aliphatic rings. The first-order chi connectivity index (χ1) is 14.3. The Morgan fingerprint density at radius 3 is 2.52 bits per heavy atom. The van der Waals surface area contributed by atoms with E-state index in [1.807, 2.05) is 12.4 Å². The molecule has 1 fully saturated rings. The number of hydrogen-bond donors (Lipinski definition) is 0. The molecular formula is C22H25N7. The minimum atomic E-state index is 0.704. The minimum Gasteiger partial charge on any atom is -0.357 e. The van der Waals surface area contributed by atoms with Crippen molar-refractivity contribution in [2.45, 2.75) is 38.8 Å². The molecule has 5 heterocycles. The topological polar surface area (TPSA) is 70.9 Å². The predicted molar refractivity (Wildman–Crippen MR) is 111 cm³/mol. The summed E-state index contributed by atoms with van der Waals surface area (Å²) in [6, 6.07) is 4.40. The molecule has 1 saturated heterocycles. The molecule has 0 N–H and O–H groups in total. The van der Waals surface area contributed by atoms with Gasteiger partial charge in [0.15, 0.2) is 5.82 Å². The van der Waals surface area contributed by atoms with Gasteiger partial charge in [-0.05, 0) is 30.9 Å². The summed E-state index contributed by atoms with van der Waals surface area (Å²) in [5.74, 6) is 1.82. The maximum absolute atomic E-state index is 4.75. The van der Waals surface area contributed by atoms with Crippen LogP contribution in [0.1, 0.15) is 36.1 Å². The standard InChI is InChI=1S/C22H25N7/c1-2-7-29(8-3-1)21-5-4-17(10-25-21)14-28-9-6-20-19(15-28)13-26-22(27-20)18-11-23-16-24-12-18/h4-5,10-13,16H,1-3,6-9,14-15H2. The van der Waals surface area contributed by atoms with Crippen LogP contribution in [0.5, 0.6) is 0 Å². The summed E-state index contributed by atoms with van der Waals surface area (Å²) in [5, 5.41) is 0. The lowest BCUT2D eigenvalue weighted by Gasteiger charge is -2.29. The van der Waals surface area contributed by atoms with E-state index in [1.54, 1.807) is 12.4 Å². The van der Waals surface area contributed by atoms with Crippen molar-refractivity contribution in [3.8, 4) is 11.4 Å². The van der Waals surface area contributed by atoms with E-state index in [9.17, 15) is 0 Å². The van der Waals surface area contributed by atoms with Gasteiger partial charge in [-0.2, -0.15) is 0 Å². The molecule has 7 nitrogen and oxygen atoms in total. The van der Waals surface area contributed by atoms with Crippen LogP contribution in [-0.4, -0.2) is 49.5 Å². The molecule has 0 atom stereocenters. The van der Waals surface area contributed by atoms with Crippen molar-refractivity contribution in [2.75, 3.05) is 24.5 Å². The number of fused-ring (bicyclic) bond motifs is 1. The van der Waals surface area contributed by atoms with Gasteiger partial charge in [0.05, 0.1) is 11.3 Å². The molecule has 3 aromatic rings. The SMILES string of the molecule is c1ncc(-c2ncc3c(n2)CCN(Cc2ccc(N4CCCCC4)nc2)C3)cn1. The molecule has 0 aromatic carbocycles. The van der Waals surface area contributed by atoms with Gasteiger partial charge in [0.1, 0.15) is 12.1 Å². The van der Waals surface area contributed by atoms with Gasteiger partial charge in [-0.3, -0.25) is 4.90 Å². The highest BCUT2D eigenvalue weighted by molar-refractivity contribution is 5.52. The van der Waals surface area contributed by atoms with E-state index in [4.69, 9.17) is 9.97 Å². The third kappa shape index (κ3) is 4.10. The smallest absolute Gasteiger partial charge is 0.162 e. The molecule has 148 valence electrons. The average molecular weight is 387 g/mol. The first-order valence-corrected chi connectivity index (χ1v) is 10.4. The van der Waals surface area contributed by atoms with Crippen LogP contribution in [0.4, 0.5) is 5.82 Å². The number of hydrogen-bond acceptors (Lipinski definition) is 7. The zero-order valence-corrected chi connectivity index (χ0v) is 16.5. The fourth-order valence-corrected chi connectivity index (χ4v) is 4.14. The summed E-state index contributed by atoms with van der Waals surface area (Å²) in [5.41, 5.74) is 4.45. The summed E-state index contributed by atoms with van der Waals surface area (Å²) in [6.45, 7) is 5.02. The molecule has 3 aromatic heterocycles. The van der Waals surface area contributed by atoms with Crippen LogP contribution in [0.2, 0.25) is 0 Å². The van der Waals surface area contributed by atoms with Gasteiger partial charge in [-0.15, -0.1) is 0 Å². The second-order valence-corrected chi connectivity index (χ2v) is 7.83. The Kier molecular flexibility index (Phi) is 5.13. The number of aromatic nitrogens is 5. The normalized spacial score (nSPS) is 17.2. The molecule has 0 aliphatic carbocycles. The van der Waals surface area contributed by atoms with Gasteiger partial charge in [-0.1, -0.05) is 6.07 Å². The lowest BCUT2D eigenvalue weighted by molar-refractivity contribution is 0.242. The van der Waals surface area contributed by atoms with Crippen molar-refractivity contribution < 1.29 is 0 Å². The van der Waals surface area contributed by atoms with Gasteiger partial charge >= 0.3 is 0 Å². The van der Waals surface area contributed by atoms with Crippen molar-refractivity contribution in [2.24, 2.45) is 0 Å². The predicted octanol–water partition coefficient (Wildman–Crippen LogP) is 2.88. The van der Waals surface area contributed by atoms with E-state index in [0.717, 1.165) is 56.2 Å². The summed E-state index contributed by atoms with van der Waals surface area (Å²) in [4.78, 5) is 27.0. The largest absolute Gasteiger partial charge is 0.357 e. The Balaban J connectivity index is 1.24. The lowest BCUT2D eigenvalue weighted by atomic mass is 10.1. The molecule has 0 unspecified atom stereocenters. The zero-order chi connectivity index (χ0) is 19.5. The van der Waals surface area contributed by atoms with Crippen molar-refractivity contribution >= 4 is 5.82 Å². The van der Waals surface area contributed by atoms with Gasteiger partial charge in [0, 0.05) is 69.5 Å². The first-order valence-electron chi connectivity index (χ1n) is 10.4. The van der Waals surface area contributed by atoms with E-state index in [2.05, 4.69) is 36.9 Å². The fourth-order valence-electron chi connectivity index (χ4n) is 4.14. The minimum absolute atomic E-state index is 0.704. The quantitative estimate of drug-likeness (QED) is 0.682. The highest BCUT2D eigenvalue weighted by atomic mass is 15.2. The van der Waals surface area contributed by atoms with Gasteiger partial charge in [-0.25, -0.2) is 24.9 Å². The van der Waals surface area contributed by atoms with E-state index in [1.165, 1.54) is 36.7 Å². The molecule has 0 amide bonds. The summed E-state index contributed by atoms with van der Waals surface area (Å²) in [7, 11) is 0. The Bertz CT molecular complexity index is 953. The van der Waals surface area contributed by atoms with E-state index < -0.39 is 0 Å². The molecule has 2 aliphatic heterocycles. The van der Waals surface area contributed by atoms with Crippen LogP contribution >= 0.6 is 0 Å². The summed E-state index contributed by atoms with van der Waals surface area (Å²) < 4.78 is 0. The van der Waals surface area contributed by atoms with E-state index in [-0.39, 0.29) is 0 Å². The number of piperidine rings is 1. The maximum Gasteiger partial charge on any atom is 0.162 e. The zero-order valence-electron chi connectivity index (χ0n) is 16.5. The van der Waals surface area contributed by atoms with Crippen molar-refractivity contribution in [3.63, 3.8) is 0 Å². The highest BCUT2D eigenvalue weighted by Gasteiger charge is 2.19. The molecular weight excluding hydrogens is 362 g/mol. The number of nitrogens with zero attached hydrogens (tertiary/aromatic N) is 7. The van der Waals surface area contributed by atoms with Crippen molar-refractivity contribution in [1.29, 1.82) is 0 Å². The van der Waals surface area contributed by atoms with Crippen LogP contribution in [0.3, 0.4) is 0 Å². The van der Waals surface area contributed by atoms with Crippen LogP contribution in [-0.2, 0) is 19.5 Å². The van der Waals surface area contributed by atoms with E-state index in [0.29, 0.717) is 5.82 Å². The van der Waals surface area contributed by atoms with Gasteiger partial charge < -0.3 is 4.90 Å².